The van der Waals surface area contributed by atoms with Crippen molar-refractivity contribution in [3.63, 3.8) is 0 Å². The smallest absolute Gasteiger partial charge is 0.307 e. The first-order chi connectivity index (χ1) is 14.3. The maximum atomic E-state index is 14.3. The number of carbonyl (C=O) groups is 1. The zero-order valence-corrected chi connectivity index (χ0v) is 16.3. The highest BCUT2D eigenvalue weighted by Gasteiger charge is 2.45. The first-order valence-corrected chi connectivity index (χ1v) is 9.60. The summed E-state index contributed by atoms with van der Waals surface area (Å²) in [4.78, 5) is 15.3. The van der Waals surface area contributed by atoms with E-state index in [1.54, 1.807) is 18.3 Å². The van der Waals surface area contributed by atoms with Crippen LogP contribution in [0.3, 0.4) is 0 Å². The minimum absolute atomic E-state index is 0.0641. The van der Waals surface area contributed by atoms with Crippen molar-refractivity contribution in [1.82, 2.24) is 4.98 Å². The summed E-state index contributed by atoms with van der Waals surface area (Å²) in [5.74, 6) is -2.81. The highest BCUT2D eigenvalue weighted by molar-refractivity contribution is 6.32. The number of carboxylic acid groups (broad SMARTS) is 1. The molecule has 0 radical (unpaired) electrons. The Morgan fingerprint density at radius 3 is 2.60 bits per heavy atom. The Morgan fingerprint density at radius 2 is 1.97 bits per heavy atom. The Morgan fingerprint density at radius 1 is 1.17 bits per heavy atom. The summed E-state index contributed by atoms with van der Waals surface area (Å²) >= 11 is 5.90. The van der Waals surface area contributed by atoms with Gasteiger partial charge in [0.2, 0.25) is 0 Å². The summed E-state index contributed by atoms with van der Waals surface area (Å²) in [6.45, 7) is 0.0904. The minimum atomic E-state index is -0.818. The van der Waals surface area contributed by atoms with E-state index in [2.05, 4.69) is 10.3 Å². The predicted octanol–water partition coefficient (Wildman–Crippen LogP) is 5.19. The second kappa shape index (κ2) is 7.91. The van der Waals surface area contributed by atoms with Gasteiger partial charge in [0.25, 0.3) is 0 Å². The second-order valence-corrected chi connectivity index (χ2v) is 7.61. The lowest BCUT2D eigenvalue weighted by atomic mass is 10.0. The van der Waals surface area contributed by atoms with Crippen LogP contribution in [0.4, 0.5) is 14.5 Å². The van der Waals surface area contributed by atoms with Crippen molar-refractivity contribution in [2.45, 2.75) is 18.9 Å². The number of phenolic OH excluding ortho intramolecular Hbond substituents is 1. The molecule has 2 atom stereocenters. The Hall–Kier alpha value is -3.19. The number of nitrogens with zero attached hydrogens (tertiary/aromatic N) is 1. The van der Waals surface area contributed by atoms with Gasteiger partial charge in [-0.25, -0.2) is 8.78 Å². The third-order valence-corrected chi connectivity index (χ3v) is 5.45. The molecule has 8 heteroatoms. The molecule has 0 amide bonds. The van der Waals surface area contributed by atoms with Gasteiger partial charge >= 0.3 is 5.97 Å². The number of anilines is 1. The zero-order valence-electron chi connectivity index (χ0n) is 15.6. The third kappa shape index (κ3) is 4.07. The molecule has 0 bridgehead atoms. The Bertz CT molecular complexity index is 1120. The van der Waals surface area contributed by atoms with Crippen LogP contribution in [-0.2, 0) is 11.3 Å². The summed E-state index contributed by atoms with van der Waals surface area (Å²) in [6, 6.07) is 9.97. The summed E-state index contributed by atoms with van der Waals surface area (Å²) in [5.41, 5.74) is 2.17. The standard InChI is InChI=1S/C22H17ClF2N2O3/c23-17-6-11(1-4-21(17)28)14-5-12(18(24)8-19(14)25)9-26-13-2-3-20(27-10-13)15-7-16(15)22(29)30/h1-6,8,10,15-16,26,28H,7,9H2,(H,29,30)/t15-,16-/m0/s1. The second-order valence-electron chi connectivity index (χ2n) is 7.20. The molecule has 3 N–H and O–H groups in total. The van der Waals surface area contributed by atoms with Crippen molar-refractivity contribution < 1.29 is 23.8 Å². The van der Waals surface area contributed by atoms with Crippen LogP contribution in [0.5, 0.6) is 5.75 Å². The minimum Gasteiger partial charge on any atom is -0.506 e. The van der Waals surface area contributed by atoms with E-state index in [1.807, 2.05) is 0 Å². The number of nitrogens with one attached hydrogen (secondary N) is 1. The number of hydrogen-bond donors (Lipinski definition) is 3. The topological polar surface area (TPSA) is 82.5 Å². The molecule has 1 aromatic heterocycles. The summed E-state index contributed by atoms with van der Waals surface area (Å²) in [7, 11) is 0. The van der Waals surface area contributed by atoms with Crippen LogP contribution in [0.25, 0.3) is 11.1 Å². The SMILES string of the molecule is O=C(O)[C@H]1C[C@@H]1c1ccc(NCc2cc(-c3ccc(O)c(Cl)c3)c(F)cc2F)cn1. The summed E-state index contributed by atoms with van der Waals surface area (Å²) in [6.07, 6.45) is 2.15. The lowest BCUT2D eigenvalue weighted by Gasteiger charge is -2.11. The lowest BCUT2D eigenvalue weighted by Crippen LogP contribution is -2.04. The van der Waals surface area contributed by atoms with Gasteiger partial charge in [-0.3, -0.25) is 9.78 Å². The van der Waals surface area contributed by atoms with E-state index in [0.29, 0.717) is 23.4 Å². The predicted molar refractivity (Wildman–Crippen MR) is 109 cm³/mol. The molecular weight excluding hydrogens is 414 g/mol. The summed E-state index contributed by atoms with van der Waals surface area (Å²) in [5, 5.41) is 21.6. The van der Waals surface area contributed by atoms with Crippen LogP contribution < -0.4 is 5.32 Å². The highest BCUT2D eigenvalue weighted by Crippen LogP contribution is 2.46. The lowest BCUT2D eigenvalue weighted by molar-refractivity contribution is -0.138. The van der Waals surface area contributed by atoms with Gasteiger partial charge in [0.1, 0.15) is 17.4 Å². The van der Waals surface area contributed by atoms with E-state index in [0.717, 1.165) is 6.07 Å². The Balaban J connectivity index is 1.49. The fourth-order valence-electron chi connectivity index (χ4n) is 3.35. The Kier molecular flexibility index (Phi) is 5.30. The maximum absolute atomic E-state index is 14.3. The molecule has 1 fully saturated rings. The third-order valence-electron chi connectivity index (χ3n) is 5.15. The van der Waals surface area contributed by atoms with Gasteiger partial charge < -0.3 is 15.5 Å². The van der Waals surface area contributed by atoms with Gasteiger partial charge in [-0.1, -0.05) is 17.7 Å². The van der Waals surface area contributed by atoms with Crippen molar-refractivity contribution in [2.75, 3.05) is 5.32 Å². The quantitative estimate of drug-likeness (QED) is 0.501. The first kappa shape index (κ1) is 20.1. The van der Waals surface area contributed by atoms with E-state index in [4.69, 9.17) is 16.7 Å². The molecule has 154 valence electrons. The molecule has 30 heavy (non-hydrogen) atoms. The van der Waals surface area contributed by atoms with Crippen LogP contribution in [0.15, 0.2) is 48.7 Å². The number of aromatic nitrogens is 1. The van der Waals surface area contributed by atoms with Gasteiger partial charge in [-0.2, -0.15) is 0 Å². The monoisotopic (exact) mass is 430 g/mol. The molecule has 4 rings (SSSR count). The van der Waals surface area contributed by atoms with Crippen molar-refractivity contribution in [2.24, 2.45) is 5.92 Å². The Labute approximate surface area is 176 Å². The number of rotatable bonds is 6. The van der Waals surface area contributed by atoms with Gasteiger partial charge in [0, 0.05) is 35.3 Å². The largest absolute Gasteiger partial charge is 0.506 e. The van der Waals surface area contributed by atoms with Gasteiger partial charge in [0.05, 0.1) is 22.8 Å². The van der Waals surface area contributed by atoms with Crippen LogP contribution in [0.2, 0.25) is 5.02 Å². The summed E-state index contributed by atoms with van der Waals surface area (Å²) < 4.78 is 28.6. The van der Waals surface area contributed by atoms with Crippen LogP contribution in [0.1, 0.15) is 23.6 Å². The molecule has 1 aliphatic carbocycles. The van der Waals surface area contributed by atoms with Gasteiger partial charge in [-0.05, 0) is 42.3 Å². The molecule has 0 saturated heterocycles. The van der Waals surface area contributed by atoms with Crippen molar-refractivity contribution in [3.8, 4) is 16.9 Å². The normalized spacial score (nSPS) is 17.6. The van der Waals surface area contributed by atoms with Gasteiger partial charge in [0.15, 0.2) is 0 Å². The molecule has 0 spiro atoms. The van der Waals surface area contributed by atoms with E-state index >= 15 is 0 Å². The van der Waals surface area contributed by atoms with Crippen LogP contribution >= 0.6 is 11.6 Å². The number of hydrogen-bond acceptors (Lipinski definition) is 4. The maximum Gasteiger partial charge on any atom is 0.307 e. The number of benzene rings is 2. The zero-order chi connectivity index (χ0) is 21.4. The number of phenols is 1. The van der Waals surface area contributed by atoms with E-state index in [1.165, 1.54) is 24.3 Å². The number of carboxylic acids is 1. The van der Waals surface area contributed by atoms with Crippen LogP contribution in [-0.4, -0.2) is 21.2 Å². The molecule has 1 aliphatic rings. The van der Waals surface area contributed by atoms with E-state index in [9.17, 15) is 18.7 Å². The van der Waals surface area contributed by atoms with Crippen molar-refractivity contribution >= 4 is 23.3 Å². The fraction of sp³-hybridized carbons (Fsp3) is 0.182. The number of aliphatic carboxylic acids is 1. The average Bonchev–Trinajstić information content (AvgIpc) is 3.51. The molecule has 5 nitrogen and oxygen atoms in total. The number of halogens is 3. The highest BCUT2D eigenvalue weighted by atomic mass is 35.5. The molecule has 0 aliphatic heterocycles. The van der Waals surface area contributed by atoms with Crippen molar-refractivity contribution in [1.29, 1.82) is 0 Å². The number of aromatic hydroxyl groups is 1. The number of pyridine rings is 1. The molecule has 0 unspecified atom stereocenters. The first-order valence-electron chi connectivity index (χ1n) is 9.23. The molecule has 3 aromatic rings. The molecule has 2 aromatic carbocycles. The molecule has 1 heterocycles. The average molecular weight is 431 g/mol. The van der Waals surface area contributed by atoms with E-state index < -0.39 is 17.6 Å². The van der Waals surface area contributed by atoms with E-state index in [-0.39, 0.29) is 40.3 Å². The molecular formula is C22H17ClF2N2O3. The van der Waals surface area contributed by atoms with Crippen LogP contribution in [0, 0.1) is 17.6 Å². The molecule has 1 saturated carbocycles. The fourth-order valence-corrected chi connectivity index (χ4v) is 3.53. The van der Waals surface area contributed by atoms with Gasteiger partial charge in [-0.15, -0.1) is 0 Å². The van der Waals surface area contributed by atoms with Crippen molar-refractivity contribution in [3.05, 3.63) is 76.6 Å².